The van der Waals surface area contributed by atoms with Crippen LogP contribution in [0.25, 0.3) is 0 Å². The molecule has 3 heteroatoms. The summed E-state index contributed by atoms with van der Waals surface area (Å²) in [6.07, 6.45) is 3.88. The molecular formula is C13H16O3. The summed E-state index contributed by atoms with van der Waals surface area (Å²) >= 11 is 0. The minimum atomic E-state index is -0.819. The predicted octanol–water partition coefficient (Wildman–Crippen LogP) is 2.41. The number of carboxylic acids is 1. The van der Waals surface area contributed by atoms with Crippen LogP contribution in [0.5, 0.6) is 0 Å². The van der Waals surface area contributed by atoms with Gasteiger partial charge in [-0.1, -0.05) is 36.4 Å². The molecule has 0 unspecified atom stereocenters. The second kappa shape index (κ2) is 6.80. The maximum absolute atomic E-state index is 10.6. The maximum atomic E-state index is 10.6. The first-order chi connectivity index (χ1) is 7.74. The molecule has 0 aliphatic heterocycles. The first-order valence-electron chi connectivity index (χ1n) is 5.21. The molecule has 1 aromatic rings. The SMILES string of the molecule is C/C=C/COCc1ccccc1CC(=O)O. The highest BCUT2D eigenvalue weighted by Crippen LogP contribution is 2.11. The molecule has 0 saturated heterocycles. The average molecular weight is 220 g/mol. The van der Waals surface area contributed by atoms with Crippen LogP contribution in [-0.4, -0.2) is 17.7 Å². The van der Waals surface area contributed by atoms with Gasteiger partial charge in [0.25, 0.3) is 0 Å². The lowest BCUT2D eigenvalue weighted by Crippen LogP contribution is -2.04. The van der Waals surface area contributed by atoms with E-state index in [0.29, 0.717) is 13.2 Å². The fourth-order valence-corrected chi connectivity index (χ4v) is 1.37. The Hall–Kier alpha value is -1.61. The molecule has 1 aromatic carbocycles. The molecule has 0 aromatic heterocycles. The fourth-order valence-electron chi connectivity index (χ4n) is 1.37. The Balaban J connectivity index is 2.60. The zero-order chi connectivity index (χ0) is 11.8. The van der Waals surface area contributed by atoms with Gasteiger partial charge in [0.15, 0.2) is 0 Å². The molecule has 86 valence electrons. The normalized spacial score (nSPS) is 10.8. The number of aliphatic carboxylic acids is 1. The molecule has 0 heterocycles. The standard InChI is InChI=1S/C13H16O3/c1-2-3-8-16-10-12-7-5-4-6-11(12)9-13(14)15/h2-7H,8-10H2,1H3,(H,14,15)/b3-2+. The van der Waals surface area contributed by atoms with E-state index < -0.39 is 5.97 Å². The first-order valence-corrected chi connectivity index (χ1v) is 5.21. The largest absolute Gasteiger partial charge is 0.481 e. The zero-order valence-corrected chi connectivity index (χ0v) is 9.35. The molecule has 0 spiro atoms. The van der Waals surface area contributed by atoms with E-state index in [1.807, 2.05) is 43.3 Å². The van der Waals surface area contributed by atoms with E-state index >= 15 is 0 Å². The van der Waals surface area contributed by atoms with E-state index in [9.17, 15) is 4.79 Å². The highest BCUT2D eigenvalue weighted by Gasteiger charge is 2.05. The van der Waals surface area contributed by atoms with E-state index in [-0.39, 0.29) is 6.42 Å². The van der Waals surface area contributed by atoms with Crippen molar-refractivity contribution < 1.29 is 14.6 Å². The van der Waals surface area contributed by atoms with Crippen LogP contribution in [0.15, 0.2) is 36.4 Å². The highest BCUT2D eigenvalue weighted by atomic mass is 16.5. The summed E-state index contributed by atoms with van der Waals surface area (Å²) in [5.41, 5.74) is 1.75. The van der Waals surface area contributed by atoms with E-state index in [1.165, 1.54) is 0 Å². The Morgan fingerprint density at radius 1 is 1.38 bits per heavy atom. The zero-order valence-electron chi connectivity index (χ0n) is 9.35. The Labute approximate surface area is 95.4 Å². The van der Waals surface area contributed by atoms with Crippen LogP contribution in [0.1, 0.15) is 18.1 Å². The van der Waals surface area contributed by atoms with Crippen LogP contribution < -0.4 is 0 Å². The number of carbonyl (C=O) groups is 1. The van der Waals surface area contributed by atoms with Crippen molar-refractivity contribution in [2.45, 2.75) is 20.0 Å². The number of hydrogen-bond acceptors (Lipinski definition) is 2. The van der Waals surface area contributed by atoms with Gasteiger partial charge in [-0.25, -0.2) is 0 Å². The lowest BCUT2D eigenvalue weighted by atomic mass is 10.1. The summed E-state index contributed by atoms with van der Waals surface area (Å²) in [5, 5.41) is 8.75. The Morgan fingerprint density at radius 2 is 2.06 bits per heavy atom. The number of rotatable bonds is 6. The van der Waals surface area contributed by atoms with Crippen molar-refractivity contribution in [1.29, 1.82) is 0 Å². The summed E-state index contributed by atoms with van der Waals surface area (Å²) in [6.45, 7) is 2.94. The second-order valence-electron chi connectivity index (χ2n) is 3.42. The topological polar surface area (TPSA) is 46.5 Å². The molecule has 0 atom stereocenters. The Morgan fingerprint density at radius 3 is 2.69 bits per heavy atom. The molecular weight excluding hydrogens is 204 g/mol. The van der Waals surface area contributed by atoms with Crippen molar-refractivity contribution >= 4 is 5.97 Å². The third-order valence-electron chi connectivity index (χ3n) is 2.17. The lowest BCUT2D eigenvalue weighted by molar-refractivity contribution is -0.136. The van der Waals surface area contributed by atoms with Gasteiger partial charge in [0, 0.05) is 0 Å². The first kappa shape index (κ1) is 12.5. The molecule has 0 bridgehead atoms. The third-order valence-corrected chi connectivity index (χ3v) is 2.17. The predicted molar refractivity (Wildman–Crippen MR) is 62.3 cm³/mol. The van der Waals surface area contributed by atoms with Crippen molar-refractivity contribution in [1.82, 2.24) is 0 Å². The quantitative estimate of drug-likeness (QED) is 0.591. The average Bonchev–Trinajstić information content (AvgIpc) is 2.26. The van der Waals surface area contributed by atoms with Crippen LogP contribution in [-0.2, 0) is 22.6 Å². The van der Waals surface area contributed by atoms with Gasteiger partial charge in [-0.3, -0.25) is 4.79 Å². The summed E-state index contributed by atoms with van der Waals surface area (Å²) in [4.78, 5) is 10.6. The molecule has 0 aliphatic carbocycles. The van der Waals surface area contributed by atoms with Crippen LogP contribution in [0.3, 0.4) is 0 Å². The molecule has 1 N–H and O–H groups in total. The number of allylic oxidation sites excluding steroid dienone is 1. The monoisotopic (exact) mass is 220 g/mol. The van der Waals surface area contributed by atoms with Crippen LogP contribution >= 0.6 is 0 Å². The van der Waals surface area contributed by atoms with Gasteiger partial charge in [-0.15, -0.1) is 0 Å². The van der Waals surface area contributed by atoms with E-state index in [2.05, 4.69) is 0 Å². The summed E-state index contributed by atoms with van der Waals surface area (Å²) in [5.74, 6) is -0.819. The maximum Gasteiger partial charge on any atom is 0.307 e. The molecule has 0 aliphatic rings. The fraction of sp³-hybridized carbons (Fsp3) is 0.308. The Bertz CT molecular complexity index is 369. The minimum absolute atomic E-state index is 0.0448. The molecule has 0 saturated carbocycles. The lowest BCUT2D eigenvalue weighted by Gasteiger charge is -2.07. The number of hydrogen-bond donors (Lipinski definition) is 1. The van der Waals surface area contributed by atoms with Gasteiger partial charge in [-0.05, 0) is 18.1 Å². The number of carboxylic acid groups (broad SMARTS) is 1. The highest BCUT2D eigenvalue weighted by molar-refractivity contribution is 5.70. The van der Waals surface area contributed by atoms with Crippen molar-refractivity contribution in [2.24, 2.45) is 0 Å². The van der Waals surface area contributed by atoms with Gasteiger partial charge >= 0.3 is 5.97 Å². The van der Waals surface area contributed by atoms with Gasteiger partial charge in [0.1, 0.15) is 0 Å². The van der Waals surface area contributed by atoms with Crippen LogP contribution in [0.4, 0.5) is 0 Å². The van der Waals surface area contributed by atoms with E-state index in [4.69, 9.17) is 9.84 Å². The number of benzene rings is 1. The van der Waals surface area contributed by atoms with Crippen molar-refractivity contribution in [2.75, 3.05) is 6.61 Å². The van der Waals surface area contributed by atoms with Crippen LogP contribution in [0.2, 0.25) is 0 Å². The molecule has 0 radical (unpaired) electrons. The van der Waals surface area contributed by atoms with Gasteiger partial charge in [0.2, 0.25) is 0 Å². The number of ether oxygens (including phenoxy) is 1. The van der Waals surface area contributed by atoms with Gasteiger partial charge in [0.05, 0.1) is 19.6 Å². The second-order valence-corrected chi connectivity index (χ2v) is 3.42. The van der Waals surface area contributed by atoms with Crippen molar-refractivity contribution in [3.05, 3.63) is 47.5 Å². The molecule has 16 heavy (non-hydrogen) atoms. The molecule has 0 fully saturated rings. The van der Waals surface area contributed by atoms with Crippen molar-refractivity contribution in [3.8, 4) is 0 Å². The van der Waals surface area contributed by atoms with Crippen LogP contribution in [0, 0.1) is 0 Å². The molecule has 1 rings (SSSR count). The summed E-state index contributed by atoms with van der Waals surface area (Å²) in [7, 11) is 0. The molecule has 0 amide bonds. The summed E-state index contributed by atoms with van der Waals surface area (Å²) in [6, 6.07) is 7.45. The van der Waals surface area contributed by atoms with E-state index in [0.717, 1.165) is 11.1 Å². The van der Waals surface area contributed by atoms with Gasteiger partial charge in [-0.2, -0.15) is 0 Å². The summed E-state index contributed by atoms with van der Waals surface area (Å²) < 4.78 is 5.40. The molecule has 3 nitrogen and oxygen atoms in total. The van der Waals surface area contributed by atoms with Gasteiger partial charge < -0.3 is 9.84 Å². The minimum Gasteiger partial charge on any atom is -0.481 e. The van der Waals surface area contributed by atoms with Crippen molar-refractivity contribution in [3.63, 3.8) is 0 Å². The Kier molecular flexibility index (Phi) is 5.29. The van der Waals surface area contributed by atoms with E-state index in [1.54, 1.807) is 0 Å². The smallest absolute Gasteiger partial charge is 0.307 e. The third kappa shape index (κ3) is 4.28.